The molecule has 3 N–H and O–H groups in total. The van der Waals surface area contributed by atoms with Crippen LogP contribution in [0.15, 0.2) is 47.6 Å². The van der Waals surface area contributed by atoms with Crippen LogP contribution in [-0.2, 0) is 4.79 Å². The predicted molar refractivity (Wildman–Crippen MR) is 90.4 cm³/mol. The molecule has 0 spiro atoms. The molecule has 8 nitrogen and oxygen atoms in total. The molecule has 0 aliphatic heterocycles. The Bertz CT molecular complexity index is 795. The van der Waals surface area contributed by atoms with Gasteiger partial charge in [0.2, 0.25) is 0 Å². The van der Waals surface area contributed by atoms with Gasteiger partial charge in [0.25, 0.3) is 11.6 Å². The van der Waals surface area contributed by atoms with Crippen molar-refractivity contribution in [1.82, 2.24) is 5.43 Å². The number of halogens is 1. The van der Waals surface area contributed by atoms with Gasteiger partial charge in [0, 0.05) is 17.7 Å². The standard InChI is InChI=1S/C15H13ClN4O4/c16-12-3-1-2-4-13(12)17-9-15(22)19-18-8-10-7-11(20(23)24)5-6-14(10)21/h1-8,17,21H,9H2,(H,19,22)/b18-8-. The van der Waals surface area contributed by atoms with Gasteiger partial charge in [0.1, 0.15) is 5.75 Å². The van der Waals surface area contributed by atoms with Crippen molar-refractivity contribution in [2.45, 2.75) is 0 Å². The average molecular weight is 349 g/mol. The second-order valence-corrected chi connectivity index (χ2v) is 5.03. The fourth-order valence-electron chi connectivity index (χ4n) is 1.75. The van der Waals surface area contributed by atoms with Gasteiger partial charge in [-0.1, -0.05) is 23.7 Å². The fraction of sp³-hybridized carbons (Fsp3) is 0.0667. The predicted octanol–water partition coefficient (Wildman–Crippen LogP) is 2.52. The smallest absolute Gasteiger partial charge is 0.270 e. The maximum atomic E-state index is 11.7. The lowest BCUT2D eigenvalue weighted by Crippen LogP contribution is -2.25. The van der Waals surface area contributed by atoms with E-state index in [1.165, 1.54) is 12.1 Å². The van der Waals surface area contributed by atoms with Crippen LogP contribution < -0.4 is 10.7 Å². The molecule has 0 aliphatic carbocycles. The van der Waals surface area contributed by atoms with E-state index in [9.17, 15) is 20.0 Å². The van der Waals surface area contributed by atoms with E-state index >= 15 is 0 Å². The zero-order valence-corrected chi connectivity index (χ0v) is 13.0. The molecule has 0 unspecified atom stereocenters. The van der Waals surface area contributed by atoms with Crippen LogP contribution in [0.3, 0.4) is 0 Å². The zero-order valence-electron chi connectivity index (χ0n) is 12.3. The summed E-state index contributed by atoms with van der Waals surface area (Å²) in [6, 6.07) is 10.4. The highest BCUT2D eigenvalue weighted by Gasteiger charge is 2.09. The van der Waals surface area contributed by atoms with Gasteiger partial charge in [0.15, 0.2) is 0 Å². The normalized spacial score (nSPS) is 10.5. The Labute approximate surface area is 141 Å². The van der Waals surface area contributed by atoms with Crippen LogP contribution in [0.1, 0.15) is 5.56 Å². The van der Waals surface area contributed by atoms with E-state index in [4.69, 9.17) is 11.6 Å². The first-order valence-corrected chi connectivity index (χ1v) is 7.13. The van der Waals surface area contributed by atoms with E-state index in [0.29, 0.717) is 10.7 Å². The number of nitrogens with one attached hydrogen (secondary N) is 2. The number of hydrogen-bond acceptors (Lipinski definition) is 6. The molecule has 124 valence electrons. The number of hydrazone groups is 1. The zero-order chi connectivity index (χ0) is 17.5. The molecule has 2 aromatic carbocycles. The van der Waals surface area contributed by atoms with E-state index in [0.717, 1.165) is 12.3 Å². The number of nitro groups is 1. The summed E-state index contributed by atoms with van der Waals surface area (Å²) < 4.78 is 0. The minimum absolute atomic E-state index is 0.0675. The molecule has 0 atom stereocenters. The number of hydrogen-bond donors (Lipinski definition) is 3. The van der Waals surface area contributed by atoms with Crippen LogP contribution in [0.25, 0.3) is 0 Å². The van der Waals surface area contributed by atoms with Crippen LogP contribution in [0, 0.1) is 10.1 Å². The van der Waals surface area contributed by atoms with Gasteiger partial charge in [-0.25, -0.2) is 5.43 Å². The molecule has 0 heterocycles. The van der Waals surface area contributed by atoms with Crippen molar-refractivity contribution in [3.63, 3.8) is 0 Å². The van der Waals surface area contributed by atoms with Crippen LogP contribution in [0.4, 0.5) is 11.4 Å². The third kappa shape index (κ3) is 4.68. The highest BCUT2D eigenvalue weighted by atomic mass is 35.5. The van der Waals surface area contributed by atoms with E-state index in [1.807, 2.05) is 0 Å². The minimum Gasteiger partial charge on any atom is -0.507 e. The molecular formula is C15H13ClN4O4. The van der Waals surface area contributed by atoms with Crippen molar-refractivity contribution in [3.05, 3.63) is 63.2 Å². The summed E-state index contributed by atoms with van der Waals surface area (Å²) in [6.07, 6.45) is 1.12. The van der Waals surface area contributed by atoms with Crippen molar-refractivity contribution in [2.24, 2.45) is 5.10 Å². The summed E-state index contributed by atoms with van der Waals surface area (Å²) in [4.78, 5) is 21.8. The summed E-state index contributed by atoms with van der Waals surface area (Å²) in [6.45, 7) is -0.0675. The monoisotopic (exact) mass is 348 g/mol. The lowest BCUT2D eigenvalue weighted by molar-refractivity contribution is -0.384. The van der Waals surface area contributed by atoms with E-state index in [1.54, 1.807) is 24.3 Å². The highest BCUT2D eigenvalue weighted by Crippen LogP contribution is 2.21. The maximum absolute atomic E-state index is 11.7. The van der Waals surface area contributed by atoms with Gasteiger partial charge in [-0.15, -0.1) is 0 Å². The number of para-hydroxylation sites is 1. The van der Waals surface area contributed by atoms with Crippen molar-refractivity contribution in [1.29, 1.82) is 0 Å². The second-order valence-electron chi connectivity index (χ2n) is 4.63. The molecule has 2 rings (SSSR count). The number of carbonyl (C=O) groups excluding carboxylic acids is 1. The topological polar surface area (TPSA) is 117 Å². The molecular weight excluding hydrogens is 336 g/mol. The average Bonchev–Trinajstić information content (AvgIpc) is 2.55. The fourth-order valence-corrected chi connectivity index (χ4v) is 1.95. The quantitative estimate of drug-likeness (QED) is 0.421. The molecule has 9 heteroatoms. The summed E-state index contributed by atoms with van der Waals surface area (Å²) in [5, 5.41) is 27.3. The molecule has 0 bridgehead atoms. The van der Waals surface area contributed by atoms with Gasteiger partial charge in [-0.05, 0) is 18.2 Å². The molecule has 0 saturated carbocycles. The number of nitro benzene ring substituents is 1. The number of benzene rings is 2. The number of aromatic hydroxyl groups is 1. The molecule has 0 radical (unpaired) electrons. The molecule has 0 saturated heterocycles. The SMILES string of the molecule is O=C(CNc1ccccc1Cl)N/N=C\c1cc([N+](=O)[O-])ccc1O. The van der Waals surface area contributed by atoms with Gasteiger partial charge in [0.05, 0.1) is 28.4 Å². The summed E-state index contributed by atoms with van der Waals surface area (Å²) in [7, 11) is 0. The van der Waals surface area contributed by atoms with Crippen molar-refractivity contribution < 1.29 is 14.8 Å². The van der Waals surface area contributed by atoms with Crippen molar-refractivity contribution in [2.75, 3.05) is 11.9 Å². The second kappa shape index (κ2) is 7.93. The molecule has 0 fully saturated rings. The van der Waals surface area contributed by atoms with E-state index in [2.05, 4.69) is 15.8 Å². The number of amides is 1. The van der Waals surface area contributed by atoms with Gasteiger partial charge < -0.3 is 10.4 Å². The van der Waals surface area contributed by atoms with Crippen molar-refractivity contribution in [3.8, 4) is 5.75 Å². The number of non-ortho nitro benzene ring substituents is 1. The first-order valence-electron chi connectivity index (χ1n) is 6.75. The van der Waals surface area contributed by atoms with Crippen LogP contribution in [0.2, 0.25) is 5.02 Å². The third-order valence-corrected chi connectivity index (χ3v) is 3.26. The summed E-state index contributed by atoms with van der Waals surface area (Å²) >= 11 is 5.94. The summed E-state index contributed by atoms with van der Waals surface area (Å²) in [5.74, 6) is -0.635. The van der Waals surface area contributed by atoms with E-state index < -0.39 is 10.8 Å². The molecule has 2 aromatic rings. The van der Waals surface area contributed by atoms with Gasteiger partial charge in [-0.3, -0.25) is 14.9 Å². The molecule has 0 aliphatic rings. The van der Waals surface area contributed by atoms with Gasteiger partial charge in [-0.2, -0.15) is 5.10 Å². The van der Waals surface area contributed by atoms with Crippen LogP contribution in [-0.4, -0.2) is 28.7 Å². The Balaban J connectivity index is 1.92. The Morgan fingerprint density at radius 3 is 2.79 bits per heavy atom. The first kappa shape index (κ1) is 17.2. The molecule has 1 amide bonds. The number of carbonyl (C=O) groups is 1. The number of phenols is 1. The Hall–Kier alpha value is -3.13. The molecule has 0 aromatic heterocycles. The minimum atomic E-state index is -0.594. The lowest BCUT2D eigenvalue weighted by Gasteiger charge is -2.06. The highest BCUT2D eigenvalue weighted by molar-refractivity contribution is 6.33. The number of phenolic OH excluding ortho intramolecular Hbond substituents is 1. The lowest BCUT2D eigenvalue weighted by atomic mass is 10.2. The number of nitrogens with zero attached hydrogens (tertiary/aromatic N) is 2. The largest absolute Gasteiger partial charge is 0.507 e. The first-order chi connectivity index (χ1) is 11.5. The van der Waals surface area contributed by atoms with Crippen LogP contribution in [0.5, 0.6) is 5.75 Å². The van der Waals surface area contributed by atoms with E-state index in [-0.39, 0.29) is 23.5 Å². The maximum Gasteiger partial charge on any atom is 0.270 e. The Morgan fingerprint density at radius 1 is 1.33 bits per heavy atom. The third-order valence-electron chi connectivity index (χ3n) is 2.93. The number of rotatable bonds is 6. The van der Waals surface area contributed by atoms with Crippen molar-refractivity contribution >= 4 is 35.1 Å². The van der Waals surface area contributed by atoms with Crippen LogP contribution >= 0.6 is 11.6 Å². The van der Waals surface area contributed by atoms with Gasteiger partial charge >= 0.3 is 0 Å². The Morgan fingerprint density at radius 2 is 2.08 bits per heavy atom. The molecule has 24 heavy (non-hydrogen) atoms. The number of anilines is 1. The Kier molecular flexibility index (Phi) is 5.69. The summed E-state index contributed by atoms with van der Waals surface area (Å²) in [5.41, 5.74) is 2.77.